The van der Waals surface area contributed by atoms with Crippen molar-refractivity contribution in [1.29, 1.82) is 5.26 Å². The van der Waals surface area contributed by atoms with Crippen molar-refractivity contribution in [3.8, 4) is 17.9 Å². The molecule has 180 valence electrons. The van der Waals surface area contributed by atoms with Crippen LogP contribution in [0.3, 0.4) is 0 Å². The van der Waals surface area contributed by atoms with Crippen LogP contribution in [0.5, 0.6) is 0 Å². The summed E-state index contributed by atoms with van der Waals surface area (Å²) >= 11 is 1.67. The molecule has 0 aliphatic rings. The summed E-state index contributed by atoms with van der Waals surface area (Å²) in [5, 5.41) is 17.4. The van der Waals surface area contributed by atoms with Gasteiger partial charge in [0.15, 0.2) is 14.6 Å². The van der Waals surface area contributed by atoms with Crippen molar-refractivity contribution in [3.05, 3.63) is 47.5 Å². The monoisotopic (exact) mass is 514 g/mol. The third kappa shape index (κ3) is 4.92. The zero-order valence-electron chi connectivity index (χ0n) is 20.4. The first kappa shape index (κ1) is 26.4. The second-order valence-electron chi connectivity index (χ2n) is 10.1. The van der Waals surface area contributed by atoms with Gasteiger partial charge in [-0.1, -0.05) is 18.9 Å². The van der Waals surface area contributed by atoms with Crippen LogP contribution in [-0.2, 0) is 26.2 Å². The molecule has 2 atom stereocenters. The summed E-state index contributed by atoms with van der Waals surface area (Å²) < 4.78 is 38.8. The molecular formula is C26H30N2O3S3. The van der Waals surface area contributed by atoms with Gasteiger partial charge < -0.3 is 0 Å². The Kier molecular flexibility index (Phi) is 7.05. The molecule has 0 aliphatic carbocycles. The number of hydrogen-bond donors (Lipinski definition) is 1. The van der Waals surface area contributed by atoms with Gasteiger partial charge in [-0.3, -0.25) is 5.14 Å². The van der Waals surface area contributed by atoms with Crippen LogP contribution in [-0.4, -0.2) is 27.9 Å². The number of sulfone groups is 1. The van der Waals surface area contributed by atoms with Crippen molar-refractivity contribution >= 4 is 52.3 Å². The molecule has 0 radical (unpaired) electrons. The molecule has 0 fully saturated rings. The Hall–Kier alpha value is -2.23. The van der Waals surface area contributed by atoms with Crippen molar-refractivity contribution in [3.63, 3.8) is 0 Å². The van der Waals surface area contributed by atoms with E-state index in [9.17, 15) is 17.9 Å². The van der Waals surface area contributed by atoms with Crippen molar-refractivity contribution in [2.75, 3.05) is 5.75 Å². The molecule has 5 nitrogen and oxygen atoms in total. The largest absolute Gasteiger partial charge is 0.251 e. The normalized spacial score (nSPS) is 15.4. The van der Waals surface area contributed by atoms with E-state index in [-0.39, 0.29) is 12.2 Å². The first-order valence-electron chi connectivity index (χ1n) is 10.9. The lowest BCUT2D eigenvalue weighted by Gasteiger charge is -2.37. The number of thiophene rings is 1. The lowest BCUT2D eigenvalue weighted by atomic mass is 9.77. The lowest BCUT2D eigenvalue weighted by molar-refractivity contribution is 0.413. The zero-order chi connectivity index (χ0) is 25.5. The molecule has 2 aromatic carbocycles. The lowest BCUT2D eigenvalue weighted by Crippen LogP contribution is -2.46. The highest BCUT2D eigenvalue weighted by Crippen LogP contribution is 2.42. The van der Waals surface area contributed by atoms with Gasteiger partial charge in [0.05, 0.1) is 27.6 Å². The van der Waals surface area contributed by atoms with Gasteiger partial charge in [0.2, 0.25) is 0 Å². The van der Waals surface area contributed by atoms with Crippen LogP contribution in [0.4, 0.5) is 0 Å². The van der Waals surface area contributed by atoms with Crippen molar-refractivity contribution in [2.24, 2.45) is 5.14 Å². The van der Waals surface area contributed by atoms with E-state index in [0.717, 1.165) is 31.3 Å². The molecule has 3 aromatic rings. The minimum absolute atomic E-state index is 0.263. The Morgan fingerprint density at radius 3 is 2.18 bits per heavy atom. The van der Waals surface area contributed by atoms with E-state index in [1.807, 2.05) is 37.3 Å². The Balaban J connectivity index is 2.25. The molecule has 0 saturated heterocycles. The number of nitrogens with two attached hydrogens (primary N) is 1. The summed E-state index contributed by atoms with van der Waals surface area (Å²) in [5.41, 5.74) is 0.804. The number of benzene rings is 2. The van der Waals surface area contributed by atoms with Crippen LogP contribution >= 0.6 is 11.3 Å². The molecule has 1 aromatic heterocycles. The molecule has 1 heterocycles. The molecule has 0 amide bonds. The van der Waals surface area contributed by atoms with Gasteiger partial charge in [0.25, 0.3) is 0 Å². The predicted octanol–water partition coefficient (Wildman–Crippen LogP) is 5.19. The van der Waals surface area contributed by atoms with Crippen LogP contribution < -0.4 is 5.14 Å². The maximum atomic E-state index is 13.3. The minimum Gasteiger partial charge on any atom is -0.251 e. The Morgan fingerprint density at radius 1 is 1.03 bits per heavy atom. The maximum Gasteiger partial charge on any atom is 0.169 e. The van der Waals surface area contributed by atoms with Gasteiger partial charge >= 0.3 is 0 Å². The zero-order valence-corrected chi connectivity index (χ0v) is 22.8. The van der Waals surface area contributed by atoms with Crippen molar-refractivity contribution in [2.45, 2.75) is 62.9 Å². The minimum atomic E-state index is -3.83. The number of nitrogens with zero attached hydrogens (tertiary/aromatic N) is 1. The van der Waals surface area contributed by atoms with Crippen LogP contribution in [0.25, 0.3) is 20.2 Å². The summed E-state index contributed by atoms with van der Waals surface area (Å²) in [6.45, 7) is 10.0. The molecule has 0 spiro atoms. The van der Waals surface area contributed by atoms with E-state index in [1.165, 1.54) is 13.8 Å². The third-order valence-corrected chi connectivity index (χ3v) is 11.4. The summed E-state index contributed by atoms with van der Waals surface area (Å²) in [5.74, 6) is 5.76. The summed E-state index contributed by atoms with van der Waals surface area (Å²) in [6, 6.07) is 14.0. The smallest absolute Gasteiger partial charge is 0.169 e. The highest BCUT2D eigenvalue weighted by Gasteiger charge is 2.45. The van der Waals surface area contributed by atoms with E-state index >= 15 is 0 Å². The van der Waals surface area contributed by atoms with Gasteiger partial charge in [0.1, 0.15) is 0 Å². The van der Waals surface area contributed by atoms with Crippen LogP contribution in [0, 0.1) is 23.2 Å². The van der Waals surface area contributed by atoms with E-state index < -0.39 is 35.7 Å². The Bertz CT molecular complexity index is 1500. The Morgan fingerprint density at radius 2 is 1.62 bits per heavy atom. The summed E-state index contributed by atoms with van der Waals surface area (Å²) in [4.78, 5) is 0. The molecule has 2 N–H and O–H groups in total. The second kappa shape index (κ2) is 9.09. The summed E-state index contributed by atoms with van der Waals surface area (Å²) in [7, 11) is -5.49. The first-order chi connectivity index (χ1) is 15.7. The maximum absolute atomic E-state index is 13.3. The Labute approximate surface area is 208 Å². The number of fused-ring (bicyclic) bond motifs is 3. The van der Waals surface area contributed by atoms with Gasteiger partial charge in [-0.15, -0.1) is 17.3 Å². The second-order valence-corrected chi connectivity index (χ2v) is 15.4. The quantitative estimate of drug-likeness (QED) is 0.438. The van der Waals surface area contributed by atoms with Crippen LogP contribution in [0.2, 0.25) is 0 Å². The first-order valence-corrected chi connectivity index (χ1v) is 14.5. The van der Waals surface area contributed by atoms with Crippen LogP contribution in [0.1, 0.15) is 59.1 Å². The van der Waals surface area contributed by atoms with Crippen LogP contribution in [0.15, 0.2) is 36.4 Å². The molecule has 8 heteroatoms. The van der Waals surface area contributed by atoms with Gasteiger partial charge in [-0.25, -0.2) is 12.6 Å². The molecule has 0 saturated carbocycles. The van der Waals surface area contributed by atoms with Gasteiger partial charge in [-0.05, 0) is 76.9 Å². The number of rotatable bonds is 7. The summed E-state index contributed by atoms with van der Waals surface area (Å²) in [6.07, 6.45) is 0.268. The molecule has 0 bridgehead atoms. The number of hydrogen-bond acceptors (Lipinski definition) is 5. The van der Waals surface area contributed by atoms with Gasteiger partial charge in [-0.2, -0.15) is 5.26 Å². The van der Waals surface area contributed by atoms with Crippen molar-refractivity contribution < 1.29 is 12.6 Å². The third-order valence-electron chi connectivity index (χ3n) is 6.35. The standard InChI is InChI=1S/C26H30N2O3S3/c1-7-8-18-9-11-22-20(13-18)21-14-19(10-12-23(21)32-22)26(6,15-24(2,3)33(28)29)17-34(30,31)25(4,5)16-27/h9-14H,15,17,28H2,1-6H3/t26-,33?/m0/s1. The van der Waals surface area contributed by atoms with Gasteiger partial charge in [0, 0.05) is 31.2 Å². The SMILES string of the molecule is CC#Cc1ccc2sc3ccc([C@@](C)(CC(C)(C)S(N)=O)CS(=O)(=O)C(C)(C)C#N)cc3c2c1. The van der Waals surface area contributed by atoms with E-state index in [2.05, 4.69) is 24.0 Å². The molecule has 0 aliphatic heterocycles. The highest BCUT2D eigenvalue weighted by atomic mass is 32.2. The average molecular weight is 515 g/mol. The highest BCUT2D eigenvalue weighted by molar-refractivity contribution is 7.93. The molecule has 1 unspecified atom stereocenters. The predicted molar refractivity (Wildman–Crippen MR) is 144 cm³/mol. The van der Waals surface area contributed by atoms with E-state index in [4.69, 9.17) is 5.14 Å². The average Bonchev–Trinajstić information content (AvgIpc) is 3.10. The topological polar surface area (TPSA) is 101 Å². The molecule has 34 heavy (non-hydrogen) atoms. The van der Waals surface area contributed by atoms with Crippen molar-refractivity contribution in [1.82, 2.24) is 0 Å². The fourth-order valence-electron chi connectivity index (χ4n) is 4.29. The number of nitriles is 1. The van der Waals surface area contributed by atoms with E-state index in [0.29, 0.717) is 0 Å². The fourth-order valence-corrected chi connectivity index (χ4v) is 7.43. The molecular weight excluding hydrogens is 484 g/mol. The van der Waals surface area contributed by atoms with E-state index in [1.54, 1.807) is 32.1 Å². The fraction of sp³-hybridized carbons (Fsp3) is 0.423. The molecule has 3 rings (SSSR count).